The molecule has 0 saturated heterocycles. The fourth-order valence-corrected chi connectivity index (χ4v) is 4.90. The van der Waals surface area contributed by atoms with Crippen LogP contribution in [0.2, 0.25) is 4.34 Å². The van der Waals surface area contributed by atoms with E-state index < -0.39 is 10.0 Å². The van der Waals surface area contributed by atoms with Gasteiger partial charge in [0.05, 0.1) is 19.8 Å². The Balaban J connectivity index is 1.74. The third-order valence-corrected chi connectivity index (χ3v) is 6.93. The molecule has 0 radical (unpaired) electrons. The van der Waals surface area contributed by atoms with Crippen LogP contribution in [0.25, 0.3) is 9.88 Å². The largest absolute Gasteiger partial charge is 0.347 e. The first-order valence-corrected chi connectivity index (χ1v) is 10.9. The molecule has 0 bridgehead atoms. The van der Waals surface area contributed by atoms with Crippen molar-refractivity contribution in [2.45, 2.75) is 18.4 Å². The predicted octanol–water partition coefficient (Wildman–Crippen LogP) is 3.41. The first kappa shape index (κ1) is 19.0. The molecule has 0 atom stereocenters. The lowest BCUT2D eigenvalue weighted by Crippen LogP contribution is -2.23. The molecule has 0 spiro atoms. The first-order chi connectivity index (χ1) is 12.2. The van der Waals surface area contributed by atoms with Crippen molar-refractivity contribution in [1.82, 2.24) is 10.3 Å². The van der Waals surface area contributed by atoms with E-state index in [2.05, 4.69) is 10.3 Å². The minimum absolute atomic E-state index is 0.00933. The quantitative estimate of drug-likeness (QED) is 0.651. The van der Waals surface area contributed by atoms with Crippen LogP contribution in [0.1, 0.15) is 20.9 Å². The summed E-state index contributed by atoms with van der Waals surface area (Å²) in [7, 11) is -3.78. The summed E-state index contributed by atoms with van der Waals surface area (Å²) >= 11 is 8.64. The van der Waals surface area contributed by atoms with Gasteiger partial charge in [0.1, 0.15) is 9.88 Å². The molecule has 26 heavy (non-hydrogen) atoms. The zero-order valence-electron chi connectivity index (χ0n) is 13.5. The zero-order valence-corrected chi connectivity index (χ0v) is 16.7. The number of halogens is 1. The second kappa shape index (κ2) is 7.45. The molecule has 0 fully saturated rings. The average molecular weight is 428 g/mol. The van der Waals surface area contributed by atoms with Crippen molar-refractivity contribution >= 4 is 50.2 Å². The number of sulfonamides is 1. The molecular weight excluding hydrogens is 414 g/mol. The number of hydrogen-bond acceptors (Lipinski definition) is 6. The minimum Gasteiger partial charge on any atom is -0.347 e. The Labute approximate surface area is 163 Å². The minimum atomic E-state index is -3.78. The van der Waals surface area contributed by atoms with Gasteiger partial charge in [-0.1, -0.05) is 23.7 Å². The number of thiophene rings is 1. The van der Waals surface area contributed by atoms with E-state index in [1.165, 1.54) is 34.8 Å². The lowest BCUT2D eigenvalue weighted by Gasteiger charge is -2.06. The van der Waals surface area contributed by atoms with Gasteiger partial charge < -0.3 is 5.32 Å². The summed E-state index contributed by atoms with van der Waals surface area (Å²) in [5.41, 5.74) is 1.27. The van der Waals surface area contributed by atoms with Crippen LogP contribution >= 0.6 is 34.3 Å². The number of aromatic nitrogens is 1. The number of carbonyl (C=O) groups is 1. The predicted molar refractivity (Wildman–Crippen MR) is 104 cm³/mol. The van der Waals surface area contributed by atoms with E-state index >= 15 is 0 Å². The van der Waals surface area contributed by atoms with Gasteiger partial charge in [-0.2, -0.15) is 0 Å². The summed E-state index contributed by atoms with van der Waals surface area (Å²) in [4.78, 5) is 18.3. The molecule has 1 aromatic carbocycles. The Hall–Kier alpha value is -1.78. The van der Waals surface area contributed by atoms with Crippen LogP contribution in [0, 0.1) is 6.92 Å². The van der Waals surface area contributed by atoms with E-state index in [9.17, 15) is 13.2 Å². The molecule has 136 valence electrons. The summed E-state index contributed by atoms with van der Waals surface area (Å²) in [5, 5.41) is 8.64. The Morgan fingerprint density at radius 2 is 2.04 bits per heavy atom. The number of aryl methyl sites for hydroxylation is 1. The molecule has 3 aromatic rings. The van der Waals surface area contributed by atoms with Gasteiger partial charge in [-0.05, 0) is 36.8 Å². The van der Waals surface area contributed by atoms with E-state index in [-0.39, 0.29) is 17.3 Å². The molecule has 2 heterocycles. The van der Waals surface area contributed by atoms with E-state index in [1.54, 1.807) is 25.1 Å². The molecule has 2 aromatic heterocycles. The van der Waals surface area contributed by atoms with Crippen molar-refractivity contribution < 1.29 is 13.2 Å². The van der Waals surface area contributed by atoms with Gasteiger partial charge in [-0.25, -0.2) is 18.5 Å². The van der Waals surface area contributed by atoms with Gasteiger partial charge in [-0.15, -0.1) is 22.7 Å². The summed E-state index contributed by atoms with van der Waals surface area (Å²) < 4.78 is 23.5. The van der Waals surface area contributed by atoms with Gasteiger partial charge in [0, 0.05) is 6.54 Å². The van der Waals surface area contributed by atoms with Gasteiger partial charge in [0.15, 0.2) is 0 Å². The summed E-state index contributed by atoms with van der Waals surface area (Å²) in [6.45, 7) is 1.95. The van der Waals surface area contributed by atoms with E-state index in [0.29, 0.717) is 20.5 Å². The number of nitrogens with zero attached hydrogens (tertiary/aromatic N) is 1. The van der Waals surface area contributed by atoms with Crippen LogP contribution < -0.4 is 10.5 Å². The second-order valence-electron chi connectivity index (χ2n) is 5.41. The van der Waals surface area contributed by atoms with Crippen molar-refractivity contribution in [3.05, 3.63) is 56.9 Å². The molecule has 6 nitrogen and oxygen atoms in total. The lowest BCUT2D eigenvalue weighted by molar-refractivity contribution is 0.0954. The number of benzene rings is 1. The van der Waals surface area contributed by atoms with E-state index in [0.717, 1.165) is 9.88 Å². The summed E-state index contributed by atoms with van der Waals surface area (Å²) in [5.74, 6) is -0.269. The number of amides is 1. The highest BCUT2D eigenvalue weighted by Gasteiger charge is 2.17. The summed E-state index contributed by atoms with van der Waals surface area (Å²) in [6, 6.07) is 9.80. The third kappa shape index (κ3) is 4.30. The first-order valence-electron chi connectivity index (χ1n) is 7.37. The smallest absolute Gasteiger partial charge is 0.263 e. The second-order valence-corrected chi connectivity index (χ2v) is 9.69. The molecule has 3 rings (SSSR count). The lowest BCUT2D eigenvalue weighted by atomic mass is 10.2. The van der Waals surface area contributed by atoms with Crippen molar-refractivity contribution in [3.63, 3.8) is 0 Å². The van der Waals surface area contributed by atoms with Crippen molar-refractivity contribution in [2.24, 2.45) is 5.14 Å². The maximum Gasteiger partial charge on any atom is 0.263 e. The molecule has 0 aliphatic heterocycles. The third-order valence-electron chi connectivity index (χ3n) is 3.47. The Morgan fingerprint density at radius 3 is 2.69 bits per heavy atom. The van der Waals surface area contributed by atoms with E-state index in [1.807, 2.05) is 6.07 Å². The molecule has 0 aliphatic carbocycles. The standard InChI is InChI=1S/C16H14ClN3O3S3/c1-9-14(25-16(20-9)12-5-6-13(17)24-12)15(21)19-8-10-3-2-4-11(7-10)26(18,22)23/h2-7H,8H2,1H3,(H,19,21)(H2,18,22,23). The van der Waals surface area contributed by atoms with Crippen molar-refractivity contribution in [3.8, 4) is 9.88 Å². The normalized spacial score (nSPS) is 11.5. The van der Waals surface area contributed by atoms with Crippen LogP contribution in [0.4, 0.5) is 0 Å². The molecule has 10 heteroatoms. The van der Waals surface area contributed by atoms with Crippen LogP contribution in [-0.4, -0.2) is 19.3 Å². The maximum atomic E-state index is 12.5. The number of hydrogen-bond donors (Lipinski definition) is 2. The van der Waals surface area contributed by atoms with Gasteiger partial charge in [0.2, 0.25) is 10.0 Å². The fourth-order valence-electron chi connectivity index (χ4n) is 2.24. The maximum absolute atomic E-state index is 12.5. The number of carbonyl (C=O) groups excluding carboxylic acids is 1. The highest BCUT2D eigenvalue weighted by Crippen LogP contribution is 2.34. The number of nitrogens with one attached hydrogen (secondary N) is 1. The average Bonchev–Trinajstić information content (AvgIpc) is 3.18. The van der Waals surface area contributed by atoms with Crippen LogP contribution in [0.3, 0.4) is 0 Å². The van der Waals surface area contributed by atoms with Gasteiger partial charge >= 0.3 is 0 Å². The number of thiazole rings is 1. The molecule has 3 N–H and O–H groups in total. The number of rotatable bonds is 5. The Kier molecular flexibility index (Phi) is 5.44. The molecule has 0 aliphatic rings. The van der Waals surface area contributed by atoms with Crippen LogP contribution in [0.5, 0.6) is 0 Å². The monoisotopic (exact) mass is 427 g/mol. The summed E-state index contributed by atoms with van der Waals surface area (Å²) in [6.07, 6.45) is 0. The van der Waals surface area contributed by atoms with E-state index in [4.69, 9.17) is 16.7 Å². The Morgan fingerprint density at radius 1 is 1.27 bits per heavy atom. The zero-order chi connectivity index (χ0) is 18.9. The van der Waals surface area contributed by atoms with Gasteiger partial charge in [0.25, 0.3) is 5.91 Å². The SMILES string of the molecule is Cc1nc(-c2ccc(Cl)s2)sc1C(=O)NCc1cccc(S(N)(=O)=O)c1. The highest BCUT2D eigenvalue weighted by molar-refractivity contribution is 7.89. The highest BCUT2D eigenvalue weighted by atomic mass is 35.5. The Bertz CT molecular complexity index is 1070. The molecule has 0 unspecified atom stereocenters. The van der Waals surface area contributed by atoms with Crippen molar-refractivity contribution in [2.75, 3.05) is 0 Å². The van der Waals surface area contributed by atoms with Gasteiger partial charge in [-0.3, -0.25) is 4.79 Å². The molecule has 1 amide bonds. The van der Waals surface area contributed by atoms with Crippen LogP contribution in [0.15, 0.2) is 41.3 Å². The molecular formula is C16H14ClN3O3S3. The van der Waals surface area contributed by atoms with Crippen LogP contribution in [-0.2, 0) is 16.6 Å². The number of primary sulfonamides is 1. The van der Waals surface area contributed by atoms with Crippen molar-refractivity contribution in [1.29, 1.82) is 0 Å². The topological polar surface area (TPSA) is 102 Å². The molecule has 0 saturated carbocycles. The number of nitrogens with two attached hydrogens (primary N) is 1. The fraction of sp³-hybridized carbons (Fsp3) is 0.125.